The van der Waals surface area contributed by atoms with Crippen LogP contribution in [0.25, 0.3) is 0 Å². The van der Waals surface area contributed by atoms with Crippen LogP contribution in [0.1, 0.15) is 61.1 Å². The van der Waals surface area contributed by atoms with Crippen molar-refractivity contribution in [1.82, 2.24) is 42.2 Å². The molecule has 0 saturated heterocycles. The van der Waals surface area contributed by atoms with Crippen molar-refractivity contribution in [2.75, 3.05) is 90.9 Å². The number of anilines is 1. The molecule has 7 amide bonds. The normalized spacial score (nSPS) is 11.5. The first-order valence-electron chi connectivity index (χ1n) is 24.4. The zero-order valence-corrected chi connectivity index (χ0v) is 41.5. The minimum Gasteiger partial charge on any atom is -0.508 e. The van der Waals surface area contributed by atoms with Crippen molar-refractivity contribution in [2.24, 2.45) is 10.7 Å². The van der Waals surface area contributed by atoms with Crippen LogP contribution in [0.15, 0.2) is 114 Å². The maximum atomic E-state index is 13.9. The second-order valence-electron chi connectivity index (χ2n) is 16.7. The van der Waals surface area contributed by atoms with Crippen LogP contribution in [0.2, 0.25) is 0 Å². The predicted octanol–water partition coefficient (Wildman–Crippen LogP) is 2.21. The first-order valence-corrected chi connectivity index (χ1v) is 24.4. The molecule has 0 aliphatic carbocycles. The maximum absolute atomic E-state index is 13.9. The zero-order valence-electron chi connectivity index (χ0n) is 41.5. The van der Waals surface area contributed by atoms with E-state index in [1.165, 1.54) is 12.1 Å². The number of carbonyl (C=O) groups is 6. The molecule has 3 aromatic carbocycles. The quantitative estimate of drug-likeness (QED) is 0.0185. The number of aromatic nitrogens is 1. The molecule has 73 heavy (non-hydrogen) atoms. The SMILES string of the molecule is CN(CCC(=O)NCCCNC(=O)COCCOCCOCC(=O)NCCCCNC(=O)NC(N)=NCCC[C@@H](NC(=O)C(c1ccccc1)c1ccccc1)C(=O)NCc1ccc(O)cc1)c1ccncc1. The third-order valence-electron chi connectivity index (χ3n) is 10.9. The predicted molar refractivity (Wildman–Crippen MR) is 276 cm³/mol. The van der Waals surface area contributed by atoms with Gasteiger partial charge in [0.25, 0.3) is 0 Å². The molecule has 4 rings (SSSR count). The number of aliphatic imine (C=N–C) groups is 1. The molecule has 21 heteroatoms. The molecule has 0 saturated carbocycles. The molecular formula is C52H71N11O10. The van der Waals surface area contributed by atoms with E-state index in [2.05, 4.69) is 47.2 Å². The molecule has 0 unspecified atom stereocenters. The van der Waals surface area contributed by atoms with Gasteiger partial charge in [0.2, 0.25) is 29.5 Å². The van der Waals surface area contributed by atoms with Crippen molar-refractivity contribution in [3.8, 4) is 5.75 Å². The Bertz CT molecular complexity index is 2240. The van der Waals surface area contributed by atoms with Gasteiger partial charge in [0.15, 0.2) is 5.96 Å². The summed E-state index contributed by atoms with van der Waals surface area (Å²) in [6.45, 7) is 3.13. The summed E-state index contributed by atoms with van der Waals surface area (Å²) in [6, 6.07) is 27.4. The van der Waals surface area contributed by atoms with Gasteiger partial charge in [-0.15, -0.1) is 0 Å². The van der Waals surface area contributed by atoms with Gasteiger partial charge in [0.1, 0.15) is 25.0 Å². The molecule has 10 N–H and O–H groups in total. The van der Waals surface area contributed by atoms with Gasteiger partial charge in [0, 0.05) is 77.4 Å². The minimum atomic E-state index is -0.911. The zero-order chi connectivity index (χ0) is 52.3. The van der Waals surface area contributed by atoms with Crippen LogP contribution >= 0.6 is 0 Å². The van der Waals surface area contributed by atoms with Gasteiger partial charge < -0.3 is 61.9 Å². The molecule has 1 aromatic heterocycles. The van der Waals surface area contributed by atoms with Crippen LogP contribution in [0, 0.1) is 0 Å². The van der Waals surface area contributed by atoms with Gasteiger partial charge in [-0.2, -0.15) is 0 Å². The van der Waals surface area contributed by atoms with Gasteiger partial charge in [-0.25, -0.2) is 4.79 Å². The van der Waals surface area contributed by atoms with Crippen LogP contribution in [0.3, 0.4) is 0 Å². The Morgan fingerprint density at radius 3 is 1.79 bits per heavy atom. The average molecular weight is 1010 g/mol. The summed E-state index contributed by atoms with van der Waals surface area (Å²) in [5, 5.41) is 29.0. The molecule has 0 aliphatic rings. The number of phenols is 1. The Morgan fingerprint density at radius 1 is 0.644 bits per heavy atom. The highest BCUT2D eigenvalue weighted by molar-refractivity contribution is 5.95. The molecule has 394 valence electrons. The van der Waals surface area contributed by atoms with E-state index >= 15 is 0 Å². The summed E-state index contributed by atoms with van der Waals surface area (Å²) >= 11 is 0. The molecular weight excluding hydrogens is 939 g/mol. The number of ether oxygens (including phenoxy) is 3. The number of benzene rings is 3. The summed E-state index contributed by atoms with van der Waals surface area (Å²) in [4.78, 5) is 86.3. The molecule has 0 spiro atoms. The van der Waals surface area contributed by atoms with Crippen molar-refractivity contribution in [3.05, 3.63) is 126 Å². The average Bonchev–Trinajstić information content (AvgIpc) is 3.39. The van der Waals surface area contributed by atoms with Crippen molar-refractivity contribution in [3.63, 3.8) is 0 Å². The number of nitrogens with two attached hydrogens (primary N) is 1. The number of nitrogens with zero attached hydrogens (tertiary/aromatic N) is 3. The fraction of sp³-hybridized carbons (Fsp3) is 0.423. The number of carbonyl (C=O) groups excluding carboxylic acids is 6. The number of unbranched alkanes of at least 4 members (excludes halogenated alkanes) is 1. The van der Waals surface area contributed by atoms with Crippen molar-refractivity contribution in [1.29, 1.82) is 0 Å². The number of phenolic OH excluding ortho intramolecular Hbond substituents is 1. The van der Waals surface area contributed by atoms with E-state index in [-0.39, 0.29) is 94.5 Å². The van der Waals surface area contributed by atoms with Crippen LogP contribution in [0.5, 0.6) is 5.75 Å². The van der Waals surface area contributed by atoms with Crippen LogP contribution in [0.4, 0.5) is 10.5 Å². The molecule has 1 atom stereocenters. The van der Waals surface area contributed by atoms with Gasteiger partial charge in [-0.3, -0.25) is 39.3 Å². The second kappa shape index (κ2) is 34.7. The first kappa shape index (κ1) is 58.0. The fourth-order valence-electron chi connectivity index (χ4n) is 7.01. The molecule has 1 heterocycles. The van der Waals surface area contributed by atoms with Crippen molar-refractivity contribution in [2.45, 2.75) is 57.0 Å². The van der Waals surface area contributed by atoms with E-state index in [4.69, 9.17) is 19.9 Å². The molecule has 4 aromatic rings. The lowest BCUT2D eigenvalue weighted by atomic mass is 9.90. The van der Waals surface area contributed by atoms with Crippen LogP contribution in [-0.2, 0) is 44.7 Å². The lowest BCUT2D eigenvalue weighted by Gasteiger charge is -2.23. The monoisotopic (exact) mass is 1010 g/mol. The maximum Gasteiger partial charge on any atom is 0.321 e. The lowest BCUT2D eigenvalue weighted by Crippen LogP contribution is -2.48. The summed E-state index contributed by atoms with van der Waals surface area (Å²) in [6.07, 6.45) is 6.11. The largest absolute Gasteiger partial charge is 0.508 e. The van der Waals surface area contributed by atoms with Crippen LogP contribution in [-0.4, -0.2) is 144 Å². The smallest absolute Gasteiger partial charge is 0.321 e. The Balaban J connectivity index is 0.993. The number of urea groups is 1. The number of aromatic hydroxyl groups is 1. The number of rotatable bonds is 34. The number of amides is 7. The molecule has 0 radical (unpaired) electrons. The van der Waals surface area contributed by atoms with E-state index in [1.807, 2.05) is 84.7 Å². The third kappa shape index (κ3) is 24.9. The van der Waals surface area contributed by atoms with Gasteiger partial charge in [-0.1, -0.05) is 72.8 Å². The van der Waals surface area contributed by atoms with E-state index in [0.717, 1.165) is 22.4 Å². The molecule has 0 bridgehead atoms. The number of hydrogen-bond donors (Lipinski definition) is 9. The van der Waals surface area contributed by atoms with Gasteiger partial charge in [-0.05, 0) is 73.1 Å². The van der Waals surface area contributed by atoms with Crippen molar-refractivity contribution >= 4 is 47.2 Å². The molecule has 0 fully saturated rings. The lowest BCUT2D eigenvalue weighted by molar-refractivity contribution is -0.129. The highest BCUT2D eigenvalue weighted by Crippen LogP contribution is 2.25. The van der Waals surface area contributed by atoms with Crippen molar-refractivity contribution < 1.29 is 48.1 Å². The van der Waals surface area contributed by atoms with Crippen LogP contribution < -0.4 is 47.9 Å². The van der Waals surface area contributed by atoms with E-state index in [1.54, 1.807) is 24.5 Å². The van der Waals surface area contributed by atoms with E-state index in [9.17, 15) is 33.9 Å². The fourth-order valence-corrected chi connectivity index (χ4v) is 7.01. The molecule has 21 nitrogen and oxygen atoms in total. The second-order valence-corrected chi connectivity index (χ2v) is 16.7. The molecule has 0 aliphatic heterocycles. The highest BCUT2D eigenvalue weighted by Gasteiger charge is 2.28. The standard InChI is InChI=1S/C52H71N11O10/c1-63(42-21-29-54-30-22-42)31-23-45(65)55-27-11-28-57-47(67)38-73-35-33-71-32-34-72-37-46(66)56-24-8-9-25-59-52(70)62-51(53)58-26-10-16-44(49(68)60-36-39-17-19-43(64)20-18-39)61-50(69)48(40-12-4-2-5-13-40)41-14-6-3-7-15-41/h2-7,12-15,17-22,29-30,44,48,64H,8-11,16,23-28,31-38H2,1H3,(H,55,65)(H,56,66)(H,57,67)(H,60,68)(H,61,69)(H4,53,58,59,62,70)/t44-/m1/s1. The summed E-state index contributed by atoms with van der Waals surface area (Å²) in [7, 11) is 1.91. The highest BCUT2D eigenvalue weighted by atomic mass is 16.5. The third-order valence-corrected chi connectivity index (χ3v) is 10.9. The number of nitrogens with one attached hydrogen (secondary N) is 7. The Labute approximate surface area is 426 Å². The Hall–Kier alpha value is -7.62. The van der Waals surface area contributed by atoms with Gasteiger partial charge >= 0.3 is 6.03 Å². The number of guanidine groups is 1. The van der Waals surface area contributed by atoms with E-state index < -0.39 is 23.9 Å². The first-order chi connectivity index (χ1) is 35.5. The summed E-state index contributed by atoms with van der Waals surface area (Å²) in [5.41, 5.74) is 9.27. The summed E-state index contributed by atoms with van der Waals surface area (Å²) in [5.74, 6) is -2.01. The number of hydrogen-bond acceptors (Lipinski definition) is 13. The van der Waals surface area contributed by atoms with Gasteiger partial charge in [0.05, 0.1) is 32.3 Å². The Morgan fingerprint density at radius 2 is 1.19 bits per heavy atom. The Kier molecular flexibility index (Phi) is 27.5. The summed E-state index contributed by atoms with van der Waals surface area (Å²) < 4.78 is 16.1. The topological polar surface area (TPSA) is 289 Å². The minimum absolute atomic E-state index is 0.0581. The van der Waals surface area contributed by atoms with E-state index in [0.29, 0.717) is 64.8 Å². The number of pyridine rings is 1.